The maximum absolute atomic E-state index is 5.59. The number of hydrogen-bond donors (Lipinski definition) is 0. The van der Waals surface area contributed by atoms with Gasteiger partial charge in [-0.3, -0.25) is 9.97 Å². The second-order valence-corrected chi connectivity index (χ2v) is 7.78. The lowest BCUT2D eigenvalue weighted by Crippen LogP contribution is -2.31. The zero-order valence-corrected chi connectivity index (χ0v) is 17.3. The summed E-state index contributed by atoms with van der Waals surface area (Å²) in [6.07, 6.45) is 13.4. The molecule has 0 amide bonds. The number of nitrogens with zero attached hydrogens (tertiary/aromatic N) is 6. The average molecular weight is 412 g/mol. The Kier molecular flexibility index (Phi) is 5.64. The highest BCUT2D eigenvalue weighted by atomic mass is 16.5. The molecule has 1 aliphatic heterocycles. The number of anilines is 1. The molecule has 4 aromatic heterocycles. The largest absolute Gasteiger partial charge is 0.356 e. The van der Waals surface area contributed by atoms with Crippen molar-refractivity contribution in [3.63, 3.8) is 0 Å². The molecule has 0 aliphatic carbocycles. The number of rotatable bonds is 6. The van der Waals surface area contributed by atoms with E-state index in [9.17, 15) is 0 Å². The molecule has 5 rings (SSSR count). The summed E-state index contributed by atoms with van der Waals surface area (Å²) in [5.74, 6) is 2.09. The molecule has 1 unspecified atom stereocenters. The van der Waals surface area contributed by atoms with Gasteiger partial charge in [0.05, 0.1) is 11.5 Å². The van der Waals surface area contributed by atoms with Gasteiger partial charge in [0.25, 0.3) is 5.89 Å². The van der Waals surface area contributed by atoms with Crippen LogP contribution in [0.4, 0.5) is 5.82 Å². The van der Waals surface area contributed by atoms with Crippen molar-refractivity contribution in [1.82, 2.24) is 25.1 Å². The van der Waals surface area contributed by atoms with Crippen LogP contribution in [-0.4, -0.2) is 38.2 Å². The van der Waals surface area contributed by atoms with Crippen molar-refractivity contribution in [2.24, 2.45) is 0 Å². The number of aromatic nitrogens is 5. The van der Waals surface area contributed by atoms with Gasteiger partial charge in [-0.1, -0.05) is 17.3 Å². The highest BCUT2D eigenvalue weighted by Crippen LogP contribution is 2.31. The molecule has 0 N–H and O–H groups in total. The molecule has 1 aliphatic rings. The highest BCUT2D eigenvalue weighted by Gasteiger charge is 2.25. The molecule has 4 aromatic rings. The van der Waals surface area contributed by atoms with E-state index < -0.39 is 0 Å². The fourth-order valence-corrected chi connectivity index (χ4v) is 4.12. The first-order valence-corrected chi connectivity index (χ1v) is 10.7. The van der Waals surface area contributed by atoms with E-state index in [0.29, 0.717) is 11.7 Å². The van der Waals surface area contributed by atoms with Crippen LogP contribution in [0.2, 0.25) is 0 Å². The molecule has 156 valence electrons. The summed E-state index contributed by atoms with van der Waals surface area (Å²) in [6, 6.07) is 11.9. The lowest BCUT2D eigenvalue weighted by atomic mass is 9.92. The summed E-state index contributed by atoms with van der Waals surface area (Å²) in [4.78, 5) is 20.3. The summed E-state index contributed by atoms with van der Waals surface area (Å²) in [6.45, 7) is 2.10. The van der Waals surface area contributed by atoms with Crippen LogP contribution in [0.1, 0.15) is 42.1 Å². The zero-order valence-electron chi connectivity index (χ0n) is 17.3. The smallest absolute Gasteiger partial charge is 0.259 e. The Hall–Kier alpha value is -3.61. The van der Waals surface area contributed by atoms with Crippen LogP contribution in [0.5, 0.6) is 0 Å². The first-order chi connectivity index (χ1) is 15.4. The first kappa shape index (κ1) is 19.4. The average Bonchev–Trinajstić information content (AvgIpc) is 3.34. The van der Waals surface area contributed by atoms with Crippen molar-refractivity contribution < 1.29 is 4.52 Å². The van der Waals surface area contributed by atoms with Crippen LogP contribution in [0, 0.1) is 0 Å². The summed E-state index contributed by atoms with van der Waals surface area (Å²) in [5.41, 5.74) is 3.04. The Morgan fingerprint density at radius 1 is 0.903 bits per heavy atom. The van der Waals surface area contributed by atoms with E-state index in [1.807, 2.05) is 36.7 Å². The third-order valence-electron chi connectivity index (χ3n) is 5.70. The van der Waals surface area contributed by atoms with Crippen LogP contribution >= 0.6 is 0 Å². The first-order valence-electron chi connectivity index (χ1n) is 10.7. The lowest BCUT2D eigenvalue weighted by Gasteiger charge is -2.30. The Morgan fingerprint density at radius 2 is 1.71 bits per heavy atom. The normalized spacial score (nSPS) is 15.0. The van der Waals surface area contributed by atoms with Gasteiger partial charge in [-0.2, -0.15) is 4.98 Å². The zero-order chi connectivity index (χ0) is 20.9. The molecule has 0 bridgehead atoms. The molecule has 1 fully saturated rings. The van der Waals surface area contributed by atoms with Crippen molar-refractivity contribution in [2.75, 3.05) is 18.0 Å². The Bertz CT molecular complexity index is 1110. The van der Waals surface area contributed by atoms with E-state index >= 15 is 0 Å². The van der Waals surface area contributed by atoms with Gasteiger partial charge in [0.2, 0.25) is 0 Å². The maximum Gasteiger partial charge on any atom is 0.259 e. The van der Waals surface area contributed by atoms with E-state index in [1.54, 1.807) is 18.6 Å². The monoisotopic (exact) mass is 412 g/mol. The Morgan fingerprint density at radius 3 is 2.48 bits per heavy atom. The Balaban J connectivity index is 1.50. The quantitative estimate of drug-likeness (QED) is 0.467. The van der Waals surface area contributed by atoms with E-state index in [0.717, 1.165) is 36.5 Å². The third-order valence-corrected chi connectivity index (χ3v) is 5.70. The molecule has 0 saturated carbocycles. The molecule has 7 nitrogen and oxygen atoms in total. The summed E-state index contributed by atoms with van der Waals surface area (Å²) < 4.78 is 5.59. The molecule has 1 saturated heterocycles. The van der Waals surface area contributed by atoms with Gasteiger partial charge < -0.3 is 9.42 Å². The van der Waals surface area contributed by atoms with Crippen LogP contribution in [-0.2, 0) is 6.42 Å². The lowest BCUT2D eigenvalue weighted by molar-refractivity contribution is 0.418. The second kappa shape index (κ2) is 9.04. The third kappa shape index (κ3) is 4.30. The van der Waals surface area contributed by atoms with E-state index in [-0.39, 0.29) is 5.92 Å². The summed E-state index contributed by atoms with van der Waals surface area (Å²) in [7, 11) is 0. The SMILES string of the molecule is c1cncc(-c2nc(C(Cc3cccnc3N3CCCCC3)c3cccnc3)no2)c1. The van der Waals surface area contributed by atoms with Gasteiger partial charge >= 0.3 is 0 Å². The fraction of sp³-hybridized carbons (Fsp3) is 0.292. The van der Waals surface area contributed by atoms with Gasteiger partial charge in [-0.25, -0.2) is 4.98 Å². The van der Waals surface area contributed by atoms with E-state index in [1.165, 1.54) is 24.8 Å². The minimum Gasteiger partial charge on any atom is -0.356 e. The van der Waals surface area contributed by atoms with Crippen molar-refractivity contribution >= 4 is 5.82 Å². The van der Waals surface area contributed by atoms with E-state index in [2.05, 4.69) is 32.2 Å². The molecule has 31 heavy (non-hydrogen) atoms. The molecule has 0 aromatic carbocycles. The maximum atomic E-state index is 5.59. The predicted molar refractivity (Wildman–Crippen MR) is 118 cm³/mol. The van der Waals surface area contributed by atoms with Gasteiger partial charge in [-0.05, 0) is 61.1 Å². The fourth-order valence-electron chi connectivity index (χ4n) is 4.12. The topological polar surface area (TPSA) is 80.8 Å². The van der Waals surface area contributed by atoms with Crippen molar-refractivity contribution in [3.8, 4) is 11.5 Å². The standard InChI is InChI=1S/C24H24N6O/c1-2-13-30(14-3-1)23-18(7-6-12-27-23)15-21(19-8-4-10-25-16-19)22-28-24(31-29-22)20-9-5-11-26-17-20/h4-12,16-17,21H,1-3,13-15H2. The molecule has 7 heteroatoms. The minimum atomic E-state index is -0.0874. The molecule has 1 atom stereocenters. The highest BCUT2D eigenvalue weighted by molar-refractivity contribution is 5.51. The van der Waals surface area contributed by atoms with Crippen LogP contribution in [0.25, 0.3) is 11.5 Å². The minimum absolute atomic E-state index is 0.0874. The van der Waals surface area contributed by atoms with E-state index in [4.69, 9.17) is 14.5 Å². The van der Waals surface area contributed by atoms with Gasteiger partial charge in [0, 0.05) is 44.1 Å². The molecule has 0 spiro atoms. The molecule has 5 heterocycles. The van der Waals surface area contributed by atoms with Gasteiger partial charge in [-0.15, -0.1) is 0 Å². The molecular formula is C24H24N6O. The molecule has 0 radical (unpaired) electrons. The van der Waals surface area contributed by atoms with Crippen molar-refractivity contribution in [2.45, 2.75) is 31.6 Å². The predicted octanol–water partition coefficient (Wildman–Crippen LogP) is 4.29. The number of piperidine rings is 1. The Labute approximate surface area is 181 Å². The van der Waals surface area contributed by atoms with Crippen LogP contribution in [0.15, 0.2) is 71.9 Å². The van der Waals surface area contributed by atoms with Crippen molar-refractivity contribution in [1.29, 1.82) is 0 Å². The number of pyridine rings is 3. The van der Waals surface area contributed by atoms with Crippen molar-refractivity contribution in [3.05, 3.63) is 84.3 Å². The summed E-state index contributed by atoms with van der Waals surface area (Å²) >= 11 is 0. The van der Waals surface area contributed by atoms with Gasteiger partial charge in [0.1, 0.15) is 5.82 Å². The van der Waals surface area contributed by atoms with Crippen LogP contribution < -0.4 is 4.90 Å². The second-order valence-electron chi connectivity index (χ2n) is 7.78. The summed E-state index contributed by atoms with van der Waals surface area (Å²) in [5, 5.41) is 4.33. The molecular weight excluding hydrogens is 388 g/mol. The number of hydrogen-bond acceptors (Lipinski definition) is 7. The van der Waals surface area contributed by atoms with Gasteiger partial charge in [0.15, 0.2) is 5.82 Å². The van der Waals surface area contributed by atoms with Crippen LogP contribution in [0.3, 0.4) is 0 Å².